The van der Waals surface area contributed by atoms with Crippen molar-refractivity contribution in [2.75, 3.05) is 11.9 Å². The van der Waals surface area contributed by atoms with Crippen molar-refractivity contribution in [1.29, 1.82) is 0 Å². The minimum absolute atomic E-state index is 0.386. The summed E-state index contributed by atoms with van der Waals surface area (Å²) in [5.74, 6) is -0.386. The van der Waals surface area contributed by atoms with Gasteiger partial charge in [-0.2, -0.15) is 0 Å². The number of amides is 1. The van der Waals surface area contributed by atoms with E-state index in [1.807, 2.05) is 36.4 Å². The maximum atomic E-state index is 13.1. The van der Waals surface area contributed by atoms with Crippen molar-refractivity contribution in [2.45, 2.75) is 24.4 Å². The van der Waals surface area contributed by atoms with Gasteiger partial charge in [-0.25, -0.2) is 0 Å². The maximum absolute atomic E-state index is 13.1. The Labute approximate surface area is 183 Å². The average molecular weight is 442 g/mol. The van der Waals surface area contributed by atoms with E-state index in [1.54, 1.807) is 24.3 Å². The van der Waals surface area contributed by atoms with Crippen LogP contribution >= 0.6 is 23.6 Å². The lowest BCUT2D eigenvalue weighted by Crippen LogP contribution is -2.59. The number of aryl methyl sites for hydroxylation is 1. The van der Waals surface area contributed by atoms with Crippen LogP contribution < -0.4 is 16.4 Å². The lowest BCUT2D eigenvalue weighted by molar-refractivity contribution is -0.126. The highest BCUT2D eigenvalue weighted by molar-refractivity contribution is 7.73. The first-order valence-corrected chi connectivity index (χ1v) is 10.7. The van der Waals surface area contributed by atoms with Crippen molar-refractivity contribution in [1.82, 2.24) is 15.5 Å². The number of hydrogen-bond donors (Lipinski definition) is 4. The Hall–Kier alpha value is -2.88. The minimum atomic E-state index is -1.59. The van der Waals surface area contributed by atoms with E-state index in [0.717, 1.165) is 12.8 Å². The van der Waals surface area contributed by atoms with Gasteiger partial charge in [0.1, 0.15) is 17.9 Å². The summed E-state index contributed by atoms with van der Waals surface area (Å²) in [7, 11) is 0. The number of benzene rings is 2. The second kappa shape index (κ2) is 10.2. The Kier molecular flexibility index (Phi) is 7.45. The van der Waals surface area contributed by atoms with E-state index in [1.165, 1.54) is 16.9 Å². The number of nitrogens with one attached hydrogen (secondary N) is 3. The standard InChI is InChI=1S/C21H23N5O2S2/c22-21(14-27,16-11-5-2-6-12-16)17(24-19-25-26-20(29)30-19)18(28)23-13-7-10-15-8-3-1-4-9-15/h1-6,8-9,11-12,14,17H,7,10,13,22H2,(H,23,28)(H,24,25)(H,26,29). The number of aldehydes is 1. The first-order chi connectivity index (χ1) is 14.5. The molecule has 2 atom stereocenters. The summed E-state index contributed by atoms with van der Waals surface area (Å²) in [5.41, 5.74) is 6.60. The molecule has 0 spiro atoms. The van der Waals surface area contributed by atoms with Gasteiger partial charge in [0.2, 0.25) is 11.0 Å². The normalized spacial score (nSPS) is 13.8. The van der Waals surface area contributed by atoms with Crippen LogP contribution in [0, 0.1) is 3.95 Å². The number of rotatable bonds is 10. The number of aromatic amines is 1. The van der Waals surface area contributed by atoms with Crippen molar-refractivity contribution in [3.05, 3.63) is 75.7 Å². The summed E-state index contributed by atoms with van der Waals surface area (Å²) >= 11 is 6.22. The fourth-order valence-corrected chi connectivity index (χ4v) is 3.91. The van der Waals surface area contributed by atoms with Crippen LogP contribution in [0.5, 0.6) is 0 Å². The van der Waals surface area contributed by atoms with E-state index in [9.17, 15) is 9.59 Å². The summed E-state index contributed by atoms with van der Waals surface area (Å²) in [4.78, 5) is 25.2. The predicted molar refractivity (Wildman–Crippen MR) is 121 cm³/mol. The van der Waals surface area contributed by atoms with Crippen LogP contribution in [0.25, 0.3) is 0 Å². The van der Waals surface area contributed by atoms with Crippen molar-refractivity contribution >= 4 is 40.9 Å². The second-order valence-corrected chi connectivity index (χ2v) is 8.46. The number of carbonyl (C=O) groups is 2. The third-order valence-electron chi connectivity index (χ3n) is 4.70. The summed E-state index contributed by atoms with van der Waals surface area (Å²) in [6.45, 7) is 0.450. The minimum Gasteiger partial charge on any atom is -0.354 e. The fourth-order valence-electron chi connectivity index (χ4n) is 3.10. The highest BCUT2D eigenvalue weighted by Gasteiger charge is 2.42. The fraction of sp³-hybridized carbons (Fsp3) is 0.238. The van der Waals surface area contributed by atoms with Gasteiger partial charge in [-0.05, 0) is 36.2 Å². The molecule has 0 aliphatic rings. The Bertz CT molecular complexity index is 1020. The topological polar surface area (TPSA) is 113 Å². The lowest BCUT2D eigenvalue weighted by Gasteiger charge is -2.32. The molecule has 0 bridgehead atoms. The highest BCUT2D eigenvalue weighted by atomic mass is 32.1. The van der Waals surface area contributed by atoms with Crippen molar-refractivity contribution in [3.8, 4) is 0 Å². The van der Waals surface area contributed by atoms with Crippen molar-refractivity contribution < 1.29 is 9.59 Å². The number of nitrogens with zero attached hydrogens (tertiary/aromatic N) is 1. The van der Waals surface area contributed by atoms with Crippen LogP contribution in [0.2, 0.25) is 0 Å². The Balaban J connectivity index is 1.75. The molecule has 0 aliphatic carbocycles. The van der Waals surface area contributed by atoms with Gasteiger partial charge in [0.25, 0.3) is 0 Å². The first kappa shape index (κ1) is 21.8. The molecule has 9 heteroatoms. The third-order valence-corrected chi connectivity index (χ3v) is 5.72. The molecule has 1 amide bonds. The molecular weight excluding hydrogens is 418 g/mol. The van der Waals surface area contributed by atoms with E-state index >= 15 is 0 Å². The molecule has 1 aromatic heterocycles. The number of nitrogens with two attached hydrogens (primary N) is 1. The number of carbonyl (C=O) groups excluding carboxylic acids is 2. The average Bonchev–Trinajstić information content (AvgIpc) is 3.20. The molecular formula is C21H23N5O2S2. The zero-order chi connectivity index (χ0) is 21.4. The Morgan fingerprint density at radius 3 is 2.47 bits per heavy atom. The van der Waals surface area contributed by atoms with Crippen LogP contribution in [-0.2, 0) is 21.5 Å². The molecule has 0 radical (unpaired) electrons. The molecule has 0 saturated heterocycles. The number of H-pyrrole nitrogens is 1. The Morgan fingerprint density at radius 1 is 1.20 bits per heavy atom. The van der Waals surface area contributed by atoms with E-state index in [0.29, 0.717) is 27.5 Å². The first-order valence-electron chi connectivity index (χ1n) is 9.47. The summed E-state index contributed by atoms with van der Waals surface area (Å²) in [5, 5.41) is 13.0. The largest absolute Gasteiger partial charge is 0.354 e. The van der Waals surface area contributed by atoms with Crippen LogP contribution in [0.1, 0.15) is 17.5 Å². The molecule has 1 heterocycles. The van der Waals surface area contributed by atoms with E-state index in [2.05, 4.69) is 20.8 Å². The quantitative estimate of drug-likeness (QED) is 0.219. The monoisotopic (exact) mass is 441 g/mol. The zero-order valence-corrected chi connectivity index (χ0v) is 17.8. The SMILES string of the molecule is NC(C=O)(c1ccccc1)C(Nc1n[nH]c(=S)s1)C(=O)NCCCc1ccccc1. The van der Waals surface area contributed by atoms with Gasteiger partial charge >= 0.3 is 0 Å². The molecule has 7 nitrogen and oxygen atoms in total. The molecule has 0 aliphatic heterocycles. The highest BCUT2D eigenvalue weighted by Crippen LogP contribution is 2.24. The van der Waals surface area contributed by atoms with Crippen molar-refractivity contribution in [3.63, 3.8) is 0 Å². The third kappa shape index (κ3) is 5.38. The lowest BCUT2D eigenvalue weighted by atomic mass is 9.84. The van der Waals surface area contributed by atoms with Crippen molar-refractivity contribution in [2.24, 2.45) is 5.73 Å². The van der Waals surface area contributed by atoms with Gasteiger partial charge in [-0.3, -0.25) is 9.89 Å². The second-order valence-electron chi connectivity index (χ2n) is 6.79. The van der Waals surface area contributed by atoms with Gasteiger partial charge in [0.05, 0.1) is 0 Å². The molecule has 0 fully saturated rings. The molecule has 5 N–H and O–H groups in total. The molecule has 2 unspecified atom stereocenters. The van der Waals surface area contributed by atoms with Crippen LogP contribution in [0.15, 0.2) is 60.7 Å². The van der Waals surface area contributed by atoms with E-state index in [4.69, 9.17) is 18.0 Å². The Morgan fingerprint density at radius 2 is 1.87 bits per heavy atom. The van der Waals surface area contributed by atoms with Crippen LogP contribution in [-0.4, -0.2) is 35.0 Å². The summed E-state index contributed by atoms with van der Waals surface area (Å²) in [6.07, 6.45) is 2.18. The van der Waals surface area contributed by atoms with E-state index < -0.39 is 11.6 Å². The smallest absolute Gasteiger partial charge is 0.245 e. The number of anilines is 1. The predicted octanol–water partition coefficient (Wildman–Crippen LogP) is 2.78. The van der Waals surface area contributed by atoms with Gasteiger partial charge in [-0.15, -0.1) is 5.10 Å². The molecule has 0 saturated carbocycles. The maximum Gasteiger partial charge on any atom is 0.245 e. The molecule has 30 heavy (non-hydrogen) atoms. The van der Waals surface area contributed by atoms with Crippen LogP contribution in [0.3, 0.4) is 0 Å². The summed E-state index contributed by atoms with van der Waals surface area (Å²) < 4.78 is 0.452. The van der Waals surface area contributed by atoms with Gasteiger partial charge in [0.15, 0.2) is 3.95 Å². The van der Waals surface area contributed by atoms with E-state index in [-0.39, 0.29) is 5.91 Å². The van der Waals surface area contributed by atoms with Crippen LogP contribution in [0.4, 0.5) is 5.13 Å². The molecule has 3 aromatic rings. The van der Waals surface area contributed by atoms with Gasteiger partial charge < -0.3 is 21.2 Å². The zero-order valence-electron chi connectivity index (χ0n) is 16.2. The molecule has 3 rings (SSSR count). The number of hydrogen-bond acceptors (Lipinski definition) is 7. The molecule has 2 aromatic carbocycles. The molecule has 156 valence electrons. The number of aromatic nitrogens is 2. The van der Waals surface area contributed by atoms with Gasteiger partial charge in [-0.1, -0.05) is 72.0 Å². The van der Waals surface area contributed by atoms with Gasteiger partial charge in [0, 0.05) is 6.54 Å². The summed E-state index contributed by atoms with van der Waals surface area (Å²) in [6, 6.07) is 17.8.